The van der Waals surface area contributed by atoms with Gasteiger partial charge in [-0.1, -0.05) is 0 Å². The zero-order valence-corrected chi connectivity index (χ0v) is 7.44. The third-order valence-corrected chi connectivity index (χ3v) is 1.67. The van der Waals surface area contributed by atoms with Crippen LogP contribution in [0.25, 0.3) is 0 Å². The van der Waals surface area contributed by atoms with Crippen molar-refractivity contribution in [2.24, 2.45) is 22.2 Å². The Bertz CT molecular complexity index is 273. The van der Waals surface area contributed by atoms with Crippen molar-refractivity contribution in [1.29, 1.82) is 0 Å². The van der Waals surface area contributed by atoms with Crippen LogP contribution in [0.3, 0.4) is 0 Å². The van der Waals surface area contributed by atoms with Gasteiger partial charge in [0.15, 0.2) is 12.2 Å². The maximum Gasteiger partial charge on any atom is 0.189 e. The lowest BCUT2D eigenvalue weighted by molar-refractivity contribution is 0.689. The van der Waals surface area contributed by atoms with Crippen molar-refractivity contribution >= 4 is 11.6 Å². The maximum atomic E-state index is 5.67. The summed E-state index contributed by atoms with van der Waals surface area (Å²) in [5.74, 6) is -0.0186. The van der Waals surface area contributed by atoms with Gasteiger partial charge in [0.05, 0.1) is 5.69 Å². The number of aliphatic imine (C=N–C) groups is 1. The van der Waals surface area contributed by atoms with Crippen LogP contribution < -0.4 is 22.1 Å². The average molecular weight is 182 g/mol. The van der Waals surface area contributed by atoms with Crippen molar-refractivity contribution in [3.05, 3.63) is 18.5 Å². The lowest BCUT2D eigenvalue weighted by Crippen LogP contribution is -2.40. The van der Waals surface area contributed by atoms with Crippen LogP contribution in [0.1, 0.15) is 0 Å². The van der Waals surface area contributed by atoms with Crippen molar-refractivity contribution in [3.8, 4) is 0 Å². The molecule has 0 aliphatic heterocycles. The molecule has 0 aliphatic rings. The Hall–Kier alpha value is -1.69. The Balaban J connectivity index is 2.68. The molecule has 1 atom stereocenters. The number of aromatic amines is 1. The number of nitrogens with one attached hydrogen (secondary N) is 1. The number of guanidine groups is 1. The fraction of sp³-hybridized carbons (Fsp3) is 0.286. The molecule has 1 aromatic heterocycles. The van der Waals surface area contributed by atoms with Gasteiger partial charge in [0.2, 0.25) is 0 Å². The summed E-state index contributed by atoms with van der Waals surface area (Å²) in [6.07, 6.45) is 3.05. The van der Waals surface area contributed by atoms with Gasteiger partial charge in [0.1, 0.15) is 0 Å². The first-order chi connectivity index (χ1) is 6.11. The molecule has 0 aliphatic carbocycles. The average Bonchev–Trinajstić information content (AvgIpc) is 2.53. The van der Waals surface area contributed by atoms with Crippen molar-refractivity contribution in [2.45, 2.75) is 6.29 Å². The topological polar surface area (TPSA) is 109 Å². The molecule has 0 spiro atoms. The van der Waals surface area contributed by atoms with Crippen LogP contribution in [0.5, 0.6) is 0 Å². The van der Waals surface area contributed by atoms with Gasteiger partial charge >= 0.3 is 0 Å². The highest BCUT2D eigenvalue weighted by Crippen LogP contribution is 2.11. The SMILES string of the molecule is CN(c1cc[nH]c1)C(N)N=C(N)N. The molecule has 1 heterocycles. The van der Waals surface area contributed by atoms with Gasteiger partial charge in [-0.25, -0.2) is 4.99 Å². The Morgan fingerprint density at radius 1 is 1.62 bits per heavy atom. The van der Waals surface area contributed by atoms with E-state index in [1.54, 1.807) is 18.1 Å². The van der Waals surface area contributed by atoms with E-state index in [1.807, 2.05) is 12.3 Å². The van der Waals surface area contributed by atoms with Crippen LogP contribution in [0.15, 0.2) is 23.5 Å². The van der Waals surface area contributed by atoms with E-state index in [1.165, 1.54) is 0 Å². The largest absolute Gasteiger partial charge is 0.370 e. The third-order valence-electron chi connectivity index (χ3n) is 1.67. The minimum Gasteiger partial charge on any atom is -0.370 e. The van der Waals surface area contributed by atoms with Crippen molar-refractivity contribution in [3.63, 3.8) is 0 Å². The fourth-order valence-electron chi connectivity index (χ4n) is 0.927. The number of hydrogen-bond acceptors (Lipinski definition) is 3. The number of nitrogens with zero attached hydrogens (tertiary/aromatic N) is 2. The second-order valence-corrected chi connectivity index (χ2v) is 2.65. The molecular formula is C7H14N6. The second kappa shape index (κ2) is 3.81. The highest BCUT2D eigenvalue weighted by molar-refractivity contribution is 5.76. The van der Waals surface area contributed by atoms with E-state index in [0.717, 1.165) is 5.69 Å². The second-order valence-electron chi connectivity index (χ2n) is 2.65. The summed E-state index contributed by atoms with van der Waals surface area (Å²) in [6, 6.07) is 1.88. The van der Waals surface area contributed by atoms with Gasteiger partial charge in [-0.15, -0.1) is 0 Å². The Morgan fingerprint density at radius 3 is 2.77 bits per heavy atom. The molecule has 7 N–H and O–H groups in total. The first-order valence-corrected chi connectivity index (χ1v) is 3.81. The molecule has 72 valence electrons. The zero-order valence-electron chi connectivity index (χ0n) is 7.44. The van der Waals surface area contributed by atoms with Crippen molar-refractivity contribution < 1.29 is 0 Å². The minimum atomic E-state index is -0.555. The number of aromatic nitrogens is 1. The summed E-state index contributed by atoms with van der Waals surface area (Å²) in [5.41, 5.74) is 17.0. The molecule has 1 rings (SSSR count). The zero-order chi connectivity index (χ0) is 9.84. The summed E-state index contributed by atoms with van der Waals surface area (Å²) in [6.45, 7) is 0. The van der Waals surface area contributed by atoms with Crippen molar-refractivity contribution in [1.82, 2.24) is 4.98 Å². The van der Waals surface area contributed by atoms with Crippen molar-refractivity contribution in [2.75, 3.05) is 11.9 Å². The van der Waals surface area contributed by atoms with Crippen LogP contribution in [0.4, 0.5) is 5.69 Å². The van der Waals surface area contributed by atoms with E-state index >= 15 is 0 Å². The van der Waals surface area contributed by atoms with Gasteiger partial charge in [-0.3, -0.25) is 5.73 Å². The molecule has 0 fully saturated rings. The van der Waals surface area contributed by atoms with Crippen LogP contribution in [-0.2, 0) is 0 Å². The predicted octanol–water partition coefficient (Wildman–Crippen LogP) is -1.03. The monoisotopic (exact) mass is 182 g/mol. The molecular weight excluding hydrogens is 168 g/mol. The molecule has 0 bridgehead atoms. The van der Waals surface area contributed by atoms with Gasteiger partial charge in [-0.2, -0.15) is 0 Å². The lowest BCUT2D eigenvalue weighted by atomic mass is 10.5. The number of H-pyrrole nitrogens is 1. The van der Waals surface area contributed by atoms with E-state index in [4.69, 9.17) is 17.2 Å². The standard InChI is InChI=1S/C7H14N6/c1-13(5-2-3-11-4-5)7(10)12-6(8)9/h2-4,7,11H,10H2,1H3,(H4,8,9,12). The lowest BCUT2D eigenvalue weighted by Gasteiger charge is -2.21. The smallest absolute Gasteiger partial charge is 0.189 e. The minimum absolute atomic E-state index is 0.0186. The first-order valence-electron chi connectivity index (χ1n) is 3.81. The quantitative estimate of drug-likeness (QED) is 0.272. The molecule has 0 aromatic carbocycles. The molecule has 0 saturated carbocycles. The van der Waals surface area contributed by atoms with Crippen LogP contribution in [-0.4, -0.2) is 24.3 Å². The Morgan fingerprint density at radius 2 is 2.31 bits per heavy atom. The molecule has 1 aromatic rings. The number of anilines is 1. The van der Waals surface area contributed by atoms with Crippen LogP contribution in [0.2, 0.25) is 0 Å². The summed E-state index contributed by atoms with van der Waals surface area (Å²) in [4.78, 5) is 8.45. The molecule has 0 radical (unpaired) electrons. The normalized spacial score (nSPS) is 12.2. The predicted molar refractivity (Wildman–Crippen MR) is 53.0 cm³/mol. The molecule has 6 nitrogen and oxygen atoms in total. The molecule has 13 heavy (non-hydrogen) atoms. The van der Waals surface area contributed by atoms with E-state index in [0.29, 0.717) is 0 Å². The summed E-state index contributed by atoms with van der Waals surface area (Å²) >= 11 is 0. The van der Waals surface area contributed by atoms with Crippen LogP contribution in [0, 0.1) is 0 Å². The maximum absolute atomic E-state index is 5.67. The highest BCUT2D eigenvalue weighted by Gasteiger charge is 2.08. The van der Waals surface area contributed by atoms with Gasteiger partial charge < -0.3 is 21.4 Å². The molecule has 1 unspecified atom stereocenters. The van der Waals surface area contributed by atoms with Gasteiger partial charge in [0.25, 0.3) is 0 Å². The van der Waals surface area contributed by atoms with E-state index in [-0.39, 0.29) is 5.96 Å². The summed E-state index contributed by atoms with van der Waals surface area (Å²) in [7, 11) is 1.81. The van der Waals surface area contributed by atoms with E-state index < -0.39 is 6.29 Å². The highest BCUT2D eigenvalue weighted by atomic mass is 15.3. The third kappa shape index (κ3) is 2.38. The van der Waals surface area contributed by atoms with Gasteiger partial charge in [0, 0.05) is 19.4 Å². The number of nitrogens with two attached hydrogens (primary N) is 3. The van der Waals surface area contributed by atoms with E-state index in [2.05, 4.69) is 9.98 Å². The summed E-state index contributed by atoms with van der Waals surface area (Å²) < 4.78 is 0. The first kappa shape index (κ1) is 9.40. The van der Waals surface area contributed by atoms with E-state index in [9.17, 15) is 0 Å². The van der Waals surface area contributed by atoms with Crippen LogP contribution >= 0.6 is 0 Å². The van der Waals surface area contributed by atoms with Gasteiger partial charge in [-0.05, 0) is 6.07 Å². The number of rotatable bonds is 3. The summed E-state index contributed by atoms with van der Waals surface area (Å²) in [5, 5.41) is 0. The molecule has 0 amide bonds. The number of hydrogen-bond donors (Lipinski definition) is 4. The Labute approximate surface area is 76.4 Å². The Kier molecular flexibility index (Phi) is 2.76. The molecule has 6 heteroatoms. The fourth-order valence-corrected chi connectivity index (χ4v) is 0.927. The molecule has 0 saturated heterocycles.